The fraction of sp³-hybridized carbons (Fsp3) is 0.350. The average molecular weight is 292 g/mol. The van der Waals surface area contributed by atoms with Crippen molar-refractivity contribution in [2.45, 2.75) is 25.7 Å². The largest absolute Gasteiger partial charge is 0.481 e. The van der Waals surface area contributed by atoms with E-state index in [1.165, 1.54) is 23.8 Å². The molecule has 2 aromatic carbocycles. The summed E-state index contributed by atoms with van der Waals surface area (Å²) in [6, 6.07) is 12.4. The molecule has 0 aromatic heterocycles. The molecule has 0 radical (unpaired) electrons. The maximum atomic E-state index is 11.1. The molecule has 0 amide bonds. The Morgan fingerprint density at radius 3 is 2.36 bits per heavy atom. The van der Waals surface area contributed by atoms with Crippen LogP contribution in [0.2, 0.25) is 0 Å². The molecule has 1 saturated carbocycles. The fourth-order valence-corrected chi connectivity index (χ4v) is 4.33. The van der Waals surface area contributed by atoms with Crippen LogP contribution in [0.1, 0.15) is 24.0 Å². The minimum Gasteiger partial charge on any atom is -0.481 e. The zero-order chi connectivity index (χ0) is 15.1. The van der Waals surface area contributed by atoms with Crippen molar-refractivity contribution in [2.24, 2.45) is 17.8 Å². The Morgan fingerprint density at radius 1 is 1.00 bits per heavy atom. The Labute approximate surface area is 130 Å². The minimum atomic E-state index is -0.767. The topological polar surface area (TPSA) is 37.3 Å². The first-order valence-corrected chi connectivity index (χ1v) is 8.10. The van der Waals surface area contributed by atoms with Gasteiger partial charge in [0, 0.05) is 0 Å². The van der Waals surface area contributed by atoms with Gasteiger partial charge in [-0.2, -0.15) is 0 Å². The fourth-order valence-electron chi connectivity index (χ4n) is 4.33. The lowest BCUT2D eigenvalue weighted by Gasteiger charge is -2.19. The number of allylic oxidation sites excluding steroid dienone is 2. The van der Waals surface area contributed by atoms with Crippen LogP contribution in [0.5, 0.6) is 0 Å². The first-order chi connectivity index (χ1) is 10.7. The molecule has 1 fully saturated rings. The van der Waals surface area contributed by atoms with E-state index in [0.717, 1.165) is 35.1 Å². The molecule has 22 heavy (non-hydrogen) atoms. The highest BCUT2D eigenvalue weighted by Gasteiger charge is 2.35. The van der Waals surface area contributed by atoms with Crippen LogP contribution in [0.3, 0.4) is 0 Å². The summed E-state index contributed by atoms with van der Waals surface area (Å²) in [4.78, 5) is 11.1. The Bertz CT molecular complexity index is 759. The Kier molecular flexibility index (Phi) is 3.25. The highest BCUT2D eigenvalue weighted by molar-refractivity contribution is 5.91. The number of carboxylic acid groups (broad SMARTS) is 1. The standard InChI is InChI=1S/C20H20O2/c21-20(22)12-16-8-7-15(18-3-1-2-4-19(16)18)11-17-10-13-5-6-14(17)9-13/h1-8,13-14,17H,9-12H2,(H,21,22). The predicted molar refractivity (Wildman–Crippen MR) is 87.8 cm³/mol. The number of hydrogen-bond donors (Lipinski definition) is 1. The zero-order valence-electron chi connectivity index (χ0n) is 12.5. The van der Waals surface area contributed by atoms with Crippen LogP contribution >= 0.6 is 0 Å². The number of fused-ring (bicyclic) bond motifs is 3. The van der Waals surface area contributed by atoms with E-state index in [0.29, 0.717) is 0 Å². The van der Waals surface area contributed by atoms with Crippen molar-refractivity contribution in [1.82, 2.24) is 0 Å². The molecule has 0 aliphatic heterocycles. The SMILES string of the molecule is O=C(O)Cc1ccc(CC2CC3C=CC2C3)c2ccccc12. The maximum absolute atomic E-state index is 11.1. The summed E-state index contributed by atoms with van der Waals surface area (Å²) >= 11 is 0. The van der Waals surface area contributed by atoms with Gasteiger partial charge in [0.25, 0.3) is 0 Å². The van der Waals surface area contributed by atoms with Crippen molar-refractivity contribution in [2.75, 3.05) is 0 Å². The van der Waals surface area contributed by atoms with Gasteiger partial charge in [0.1, 0.15) is 0 Å². The first kappa shape index (κ1) is 13.6. The highest BCUT2D eigenvalue weighted by atomic mass is 16.4. The van der Waals surface area contributed by atoms with Crippen LogP contribution in [-0.4, -0.2) is 11.1 Å². The van der Waals surface area contributed by atoms with Crippen molar-refractivity contribution in [1.29, 1.82) is 0 Å². The van der Waals surface area contributed by atoms with Gasteiger partial charge in [0.15, 0.2) is 0 Å². The van der Waals surface area contributed by atoms with Crippen molar-refractivity contribution in [3.8, 4) is 0 Å². The second-order valence-electron chi connectivity index (χ2n) is 6.74. The molecule has 2 aliphatic rings. The molecule has 2 bridgehead atoms. The van der Waals surface area contributed by atoms with E-state index in [9.17, 15) is 4.79 Å². The lowest BCUT2D eigenvalue weighted by Crippen LogP contribution is -2.11. The summed E-state index contributed by atoms with van der Waals surface area (Å²) in [5, 5.41) is 11.4. The van der Waals surface area contributed by atoms with E-state index in [1.54, 1.807) is 0 Å². The van der Waals surface area contributed by atoms with E-state index in [1.807, 2.05) is 12.1 Å². The molecule has 2 heteroatoms. The van der Waals surface area contributed by atoms with E-state index in [-0.39, 0.29) is 6.42 Å². The van der Waals surface area contributed by atoms with Crippen molar-refractivity contribution in [3.05, 3.63) is 59.7 Å². The summed E-state index contributed by atoms with van der Waals surface area (Å²) in [5.41, 5.74) is 2.29. The second kappa shape index (κ2) is 5.28. The van der Waals surface area contributed by atoms with E-state index in [4.69, 9.17) is 5.11 Å². The highest BCUT2D eigenvalue weighted by Crippen LogP contribution is 2.45. The van der Waals surface area contributed by atoms with Crippen LogP contribution in [0.15, 0.2) is 48.6 Å². The van der Waals surface area contributed by atoms with Gasteiger partial charge in [0.05, 0.1) is 6.42 Å². The molecule has 4 rings (SSSR count). The zero-order valence-corrected chi connectivity index (χ0v) is 12.5. The third-order valence-electron chi connectivity index (χ3n) is 5.34. The summed E-state index contributed by atoms with van der Waals surface area (Å²) in [6.07, 6.45) is 8.64. The third kappa shape index (κ3) is 2.33. The van der Waals surface area contributed by atoms with Crippen molar-refractivity contribution < 1.29 is 9.90 Å². The quantitative estimate of drug-likeness (QED) is 0.857. The van der Waals surface area contributed by atoms with Crippen LogP contribution < -0.4 is 0 Å². The molecule has 0 saturated heterocycles. The van der Waals surface area contributed by atoms with Crippen molar-refractivity contribution in [3.63, 3.8) is 0 Å². The average Bonchev–Trinajstić information content (AvgIpc) is 3.12. The molecule has 0 spiro atoms. The Hall–Kier alpha value is -2.09. The van der Waals surface area contributed by atoms with E-state index < -0.39 is 5.97 Å². The van der Waals surface area contributed by atoms with Gasteiger partial charge in [-0.15, -0.1) is 0 Å². The number of carbonyl (C=O) groups is 1. The summed E-state index contributed by atoms with van der Waals surface area (Å²) in [7, 11) is 0. The van der Waals surface area contributed by atoms with Gasteiger partial charge in [-0.05, 0) is 58.9 Å². The van der Waals surface area contributed by atoms with Crippen LogP contribution in [0.4, 0.5) is 0 Å². The summed E-state index contributed by atoms with van der Waals surface area (Å²) < 4.78 is 0. The number of carboxylic acids is 1. The van der Waals surface area contributed by atoms with Crippen molar-refractivity contribution >= 4 is 16.7 Å². The van der Waals surface area contributed by atoms with E-state index >= 15 is 0 Å². The molecule has 1 N–H and O–H groups in total. The van der Waals surface area contributed by atoms with Gasteiger partial charge in [-0.1, -0.05) is 48.6 Å². The van der Waals surface area contributed by atoms with Gasteiger partial charge < -0.3 is 5.11 Å². The number of aliphatic carboxylic acids is 1. The second-order valence-corrected chi connectivity index (χ2v) is 6.74. The van der Waals surface area contributed by atoms with E-state index in [2.05, 4.69) is 36.4 Å². The molecule has 2 nitrogen and oxygen atoms in total. The van der Waals surface area contributed by atoms with Gasteiger partial charge in [0.2, 0.25) is 0 Å². The number of hydrogen-bond acceptors (Lipinski definition) is 1. The van der Waals surface area contributed by atoms with Gasteiger partial charge >= 0.3 is 5.97 Å². The predicted octanol–water partition coefficient (Wildman–Crippen LogP) is 4.22. The summed E-state index contributed by atoms with van der Waals surface area (Å²) in [6.45, 7) is 0. The lowest BCUT2D eigenvalue weighted by atomic mass is 9.85. The molecular weight excluding hydrogens is 272 g/mol. The molecule has 2 aliphatic carbocycles. The van der Waals surface area contributed by atoms with Gasteiger partial charge in [-0.3, -0.25) is 4.79 Å². The molecule has 112 valence electrons. The third-order valence-corrected chi connectivity index (χ3v) is 5.34. The molecule has 3 unspecified atom stereocenters. The molecule has 2 aromatic rings. The van der Waals surface area contributed by atoms with Crippen LogP contribution in [0, 0.1) is 17.8 Å². The molecule has 0 heterocycles. The maximum Gasteiger partial charge on any atom is 0.307 e. The Morgan fingerprint density at radius 2 is 1.73 bits per heavy atom. The summed E-state index contributed by atoms with van der Waals surface area (Å²) in [5.74, 6) is 1.54. The Balaban J connectivity index is 1.69. The molecule has 3 atom stereocenters. The van der Waals surface area contributed by atoms with Crippen LogP contribution in [0.25, 0.3) is 10.8 Å². The van der Waals surface area contributed by atoms with Crippen LogP contribution in [-0.2, 0) is 17.6 Å². The van der Waals surface area contributed by atoms with Gasteiger partial charge in [-0.25, -0.2) is 0 Å². The monoisotopic (exact) mass is 292 g/mol. The number of benzene rings is 2. The smallest absolute Gasteiger partial charge is 0.307 e. The normalized spacial score (nSPS) is 25.9. The molecular formula is C20H20O2. The minimum absolute atomic E-state index is 0.0949. The first-order valence-electron chi connectivity index (χ1n) is 8.10. The number of rotatable bonds is 4. The lowest BCUT2D eigenvalue weighted by molar-refractivity contribution is -0.136.